The number of hydrogen-bond acceptors (Lipinski definition) is 2. The summed E-state index contributed by atoms with van der Waals surface area (Å²) < 4.78 is 2.69. The van der Waals surface area contributed by atoms with Crippen LogP contribution in [0.3, 0.4) is 0 Å². The lowest BCUT2D eigenvalue weighted by molar-refractivity contribution is 0.590. The predicted octanol–water partition coefficient (Wildman–Crippen LogP) is 15.9. The molecule has 3 nitrogen and oxygen atoms in total. The van der Waals surface area contributed by atoms with E-state index in [4.69, 9.17) is 0 Å². The molecule has 3 heterocycles. The highest BCUT2D eigenvalue weighted by Crippen LogP contribution is 2.55. The smallest absolute Gasteiger partial charge is 0.252 e. The van der Waals surface area contributed by atoms with E-state index in [-0.39, 0.29) is 28.4 Å². The minimum absolute atomic E-state index is 0.00935. The summed E-state index contributed by atoms with van der Waals surface area (Å²) in [5, 5.41) is 1.34. The van der Waals surface area contributed by atoms with Crippen LogP contribution < -0.4 is 26.2 Å². The minimum Gasteiger partial charge on any atom is -0.313 e. The monoisotopic (exact) mass is 910 g/mol. The van der Waals surface area contributed by atoms with Gasteiger partial charge in [-0.2, -0.15) is 0 Å². The molecule has 0 fully saturated rings. The van der Waals surface area contributed by atoms with Crippen LogP contribution >= 0.6 is 0 Å². The molecule has 4 heteroatoms. The first-order chi connectivity index (χ1) is 33.3. The predicted molar refractivity (Wildman–Crippen MR) is 301 cm³/mol. The number of benzene rings is 8. The summed E-state index contributed by atoms with van der Waals surface area (Å²) in [6.45, 7) is 27.9. The molecule has 1 aliphatic carbocycles. The lowest BCUT2D eigenvalue weighted by atomic mass is 9.33. The second-order valence-corrected chi connectivity index (χ2v) is 24.0. The second kappa shape index (κ2) is 15.2. The summed E-state index contributed by atoms with van der Waals surface area (Å²) in [5.41, 5.74) is 26.7. The Bertz CT molecular complexity index is 3510. The molecule has 0 spiro atoms. The fourth-order valence-electron chi connectivity index (χ4n) is 12.2. The molecule has 2 aliphatic heterocycles. The molecule has 0 saturated heterocycles. The van der Waals surface area contributed by atoms with Gasteiger partial charge < -0.3 is 14.4 Å². The van der Waals surface area contributed by atoms with E-state index in [9.17, 15) is 0 Å². The molecule has 0 saturated carbocycles. The van der Waals surface area contributed by atoms with E-state index in [1.54, 1.807) is 0 Å². The molecule has 1 aromatic heterocycles. The summed E-state index contributed by atoms with van der Waals surface area (Å²) >= 11 is 0. The third kappa shape index (κ3) is 6.62. The summed E-state index contributed by atoms with van der Waals surface area (Å²) in [5.74, 6) is 0. The molecule has 0 N–H and O–H groups in total. The second-order valence-electron chi connectivity index (χ2n) is 24.0. The van der Waals surface area contributed by atoms with E-state index < -0.39 is 0 Å². The van der Waals surface area contributed by atoms with Crippen LogP contribution in [-0.4, -0.2) is 11.3 Å². The molecule has 8 aromatic carbocycles. The molecule has 0 bridgehead atoms. The molecule has 9 aromatic rings. The van der Waals surface area contributed by atoms with Gasteiger partial charge in [0.2, 0.25) is 0 Å². The summed E-state index contributed by atoms with van der Waals surface area (Å²) in [4.78, 5) is 5.10. The highest BCUT2D eigenvalue weighted by molar-refractivity contribution is 7.00. The average molecular weight is 910 g/mol. The van der Waals surface area contributed by atoms with Crippen molar-refractivity contribution in [2.75, 3.05) is 9.80 Å². The molecule has 70 heavy (non-hydrogen) atoms. The van der Waals surface area contributed by atoms with Crippen molar-refractivity contribution in [2.45, 2.75) is 105 Å². The largest absolute Gasteiger partial charge is 0.313 e. The van der Waals surface area contributed by atoms with Crippen molar-refractivity contribution in [3.05, 3.63) is 203 Å². The molecule has 0 unspecified atom stereocenters. The Balaban J connectivity index is 1.17. The van der Waals surface area contributed by atoms with E-state index in [1.165, 1.54) is 106 Å². The Kier molecular flexibility index (Phi) is 9.62. The highest BCUT2D eigenvalue weighted by atomic mass is 15.2. The third-order valence-electron chi connectivity index (χ3n) is 15.8. The van der Waals surface area contributed by atoms with E-state index in [2.05, 4.69) is 267 Å². The summed E-state index contributed by atoms with van der Waals surface area (Å²) in [7, 11) is 0. The standard InChI is InChI=1S/C66H64BN3/c1-41-37-57-60-58(38-41)70-61-50(59-49-21-16-17-23-52(49)66(11,12)62(59)70)22-18-24-54(61)67(60)53-35-34-48(40-56(53)69(57)55-36-29-45(65(8,9)10)39-51(55)42-19-14-13-15-20-42)68(46-30-25-43(26-31-46)63(2,3)4)47-32-27-44(28-33-47)64(5,6)7/h13-40H,1-12H3. The molecular formula is C66H64BN3. The number of hydrogen-bond donors (Lipinski definition) is 0. The van der Waals surface area contributed by atoms with Crippen LogP contribution in [0.1, 0.15) is 110 Å². The van der Waals surface area contributed by atoms with Crippen LogP contribution in [0, 0.1) is 6.92 Å². The number of anilines is 6. The normalized spacial score (nSPS) is 14.3. The van der Waals surface area contributed by atoms with Gasteiger partial charge in [-0.3, -0.25) is 0 Å². The lowest BCUT2D eigenvalue weighted by Gasteiger charge is -2.42. The van der Waals surface area contributed by atoms with E-state index in [1.807, 2.05) is 0 Å². The van der Waals surface area contributed by atoms with Crippen molar-refractivity contribution in [1.29, 1.82) is 0 Å². The van der Waals surface area contributed by atoms with Gasteiger partial charge in [0.15, 0.2) is 0 Å². The number of nitrogens with zero attached hydrogens (tertiary/aromatic N) is 3. The van der Waals surface area contributed by atoms with Gasteiger partial charge in [0, 0.05) is 67.3 Å². The van der Waals surface area contributed by atoms with E-state index in [0.29, 0.717) is 0 Å². The quantitative estimate of drug-likeness (QED) is 0.159. The highest BCUT2D eigenvalue weighted by Gasteiger charge is 2.47. The van der Waals surface area contributed by atoms with Crippen LogP contribution in [0.5, 0.6) is 0 Å². The number of rotatable bonds is 5. The zero-order valence-electron chi connectivity index (χ0n) is 43.1. The van der Waals surface area contributed by atoms with Crippen LogP contribution in [0.4, 0.5) is 34.1 Å². The zero-order chi connectivity index (χ0) is 48.8. The minimum atomic E-state index is -0.199. The van der Waals surface area contributed by atoms with Crippen molar-refractivity contribution < 1.29 is 0 Å². The Hall–Kier alpha value is -7.04. The number of fused-ring (bicyclic) bond motifs is 9. The van der Waals surface area contributed by atoms with Crippen molar-refractivity contribution in [2.24, 2.45) is 0 Å². The van der Waals surface area contributed by atoms with Crippen LogP contribution in [0.25, 0.3) is 38.8 Å². The van der Waals surface area contributed by atoms with Gasteiger partial charge in [0.25, 0.3) is 6.71 Å². The SMILES string of the molecule is Cc1cc2c3c(c1)-n1c4c(c5cccc(c51)B3c1ccc(N(c3ccc(C(C)(C)C)cc3)c3ccc(C(C)(C)C)cc3)cc1N2c1ccc(C(C)(C)C)cc1-c1ccccc1)-c1ccccc1C4(C)C. The van der Waals surface area contributed by atoms with Crippen LogP contribution in [-0.2, 0) is 21.7 Å². The van der Waals surface area contributed by atoms with Gasteiger partial charge in [-0.25, -0.2) is 0 Å². The van der Waals surface area contributed by atoms with E-state index >= 15 is 0 Å². The van der Waals surface area contributed by atoms with Crippen molar-refractivity contribution in [3.8, 4) is 27.9 Å². The van der Waals surface area contributed by atoms with Gasteiger partial charge >= 0.3 is 0 Å². The maximum atomic E-state index is 2.69. The van der Waals surface area contributed by atoms with Gasteiger partial charge in [0.05, 0.1) is 5.69 Å². The maximum absolute atomic E-state index is 2.69. The number of aromatic nitrogens is 1. The molecule has 0 atom stereocenters. The first-order valence-electron chi connectivity index (χ1n) is 25.4. The van der Waals surface area contributed by atoms with Crippen molar-refractivity contribution in [1.82, 2.24) is 4.57 Å². The fourth-order valence-corrected chi connectivity index (χ4v) is 12.2. The first-order valence-corrected chi connectivity index (χ1v) is 25.4. The topological polar surface area (TPSA) is 11.4 Å². The Morgan fingerprint density at radius 3 is 1.70 bits per heavy atom. The molecule has 3 aliphatic rings. The zero-order valence-corrected chi connectivity index (χ0v) is 43.1. The maximum Gasteiger partial charge on any atom is 0.252 e. The fraction of sp³-hybridized carbons (Fsp3) is 0.242. The van der Waals surface area contributed by atoms with Crippen molar-refractivity contribution >= 4 is 68.1 Å². The number of para-hydroxylation sites is 1. The molecular weight excluding hydrogens is 846 g/mol. The lowest BCUT2D eigenvalue weighted by Crippen LogP contribution is -2.60. The van der Waals surface area contributed by atoms with Gasteiger partial charge in [-0.15, -0.1) is 0 Å². The summed E-state index contributed by atoms with van der Waals surface area (Å²) in [6, 6.07) is 65.3. The van der Waals surface area contributed by atoms with E-state index in [0.717, 1.165) is 17.1 Å². The third-order valence-corrected chi connectivity index (χ3v) is 15.8. The van der Waals surface area contributed by atoms with Crippen LogP contribution in [0.2, 0.25) is 0 Å². The van der Waals surface area contributed by atoms with Gasteiger partial charge in [-0.05, 0) is 139 Å². The number of aryl methyl sites for hydroxylation is 1. The average Bonchev–Trinajstić information content (AvgIpc) is 3.80. The van der Waals surface area contributed by atoms with Gasteiger partial charge in [0.1, 0.15) is 0 Å². The van der Waals surface area contributed by atoms with Gasteiger partial charge in [-0.1, -0.05) is 185 Å². The molecule has 0 amide bonds. The molecule has 12 rings (SSSR count). The summed E-state index contributed by atoms with van der Waals surface area (Å²) in [6.07, 6.45) is 0. The van der Waals surface area contributed by atoms with Crippen molar-refractivity contribution in [3.63, 3.8) is 0 Å². The Morgan fingerprint density at radius 2 is 1.06 bits per heavy atom. The first kappa shape index (κ1) is 44.2. The molecule has 0 radical (unpaired) electrons. The molecule has 346 valence electrons. The Morgan fingerprint density at radius 1 is 0.471 bits per heavy atom. The van der Waals surface area contributed by atoms with Crippen LogP contribution in [0.15, 0.2) is 170 Å². The Labute approximate surface area is 416 Å².